The monoisotopic (exact) mass is 317 g/mol. The summed E-state index contributed by atoms with van der Waals surface area (Å²) in [5, 5.41) is 13.2. The minimum Gasteiger partial charge on any atom is -0.289 e. The number of ketones is 1. The van der Waals surface area contributed by atoms with Crippen molar-refractivity contribution in [2.75, 3.05) is 0 Å². The molecule has 4 nitrogen and oxygen atoms in total. The molecule has 0 unspecified atom stereocenters. The van der Waals surface area contributed by atoms with Gasteiger partial charge in [-0.25, -0.2) is 0 Å². The van der Waals surface area contributed by atoms with Crippen molar-refractivity contribution in [3.8, 4) is 0 Å². The average molecular weight is 317 g/mol. The van der Waals surface area contributed by atoms with Gasteiger partial charge in [0.15, 0.2) is 5.78 Å². The molecule has 0 spiro atoms. The molecule has 0 fully saturated rings. The zero-order chi connectivity index (χ0) is 16.8. The van der Waals surface area contributed by atoms with Crippen molar-refractivity contribution in [2.24, 2.45) is 0 Å². The highest BCUT2D eigenvalue weighted by atomic mass is 16.6. The zero-order valence-electron chi connectivity index (χ0n) is 13.2. The molecule has 0 bridgehead atoms. The van der Waals surface area contributed by atoms with Gasteiger partial charge in [-0.2, -0.15) is 0 Å². The molecule has 3 aromatic carbocycles. The lowest BCUT2D eigenvalue weighted by Crippen LogP contribution is -2.04. The van der Waals surface area contributed by atoms with E-state index in [1.165, 1.54) is 22.6 Å². The number of nitro groups is 1. The lowest BCUT2D eigenvalue weighted by atomic mass is 9.94. The fraction of sp³-hybridized carbons (Fsp3) is 0.150. The lowest BCUT2D eigenvalue weighted by Gasteiger charge is -2.09. The van der Waals surface area contributed by atoms with Crippen LogP contribution in [0.5, 0.6) is 0 Å². The Labute approximate surface area is 138 Å². The highest BCUT2D eigenvalue weighted by Gasteiger charge is 2.21. The predicted molar refractivity (Wildman–Crippen MR) is 92.6 cm³/mol. The molecule has 3 aromatic rings. The number of aryl methyl sites for hydroxylation is 3. The van der Waals surface area contributed by atoms with Crippen LogP contribution >= 0.6 is 0 Å². The minimum absolute atomic E-state index is 0.0215. The Bertz CT molecular complexity index is 1010. The van der Waals surface area contributed by atoms with E-state index in [9.17, 15) is 14.9 Å². The summed E-state index contributed by atoms with van der Waals surface area (Å²) in [6.07, 6.45) is 2.00. The van der Waals surface area contributed by atoms with Gasteiger partial charge < -0.3 is 0 Å². The Balaban J connectivity index is 1.89. The molecule has 0 saturated heterocycles. The van der Waals surface area contributed by atoms with Gasteiger partial charge in [0, 0.05) is 22.8 Å². The van der Waals surface area contributed by atoms with Gasteiger partial charge >= 0.3 is 0 Å². The number of rotatable bonds is 3. The van der Waals surface area contributed by atoms with E-state index in [2.05, 4.69) is 6.07 Å². The number of carbonyl (C=O) groups is 1. The molecule has 0 amide bonds. The minimum atomic E-state index is -0.445. The third-order valence-electron chi connectivity index (χ3n) is 4.79. The number of nitrogens with zero attached hydrogens (tertiary/aromatic N) is 1. The van der Waals surface area contributed by atoms with Crippen LogP contribution in [0.4, 0.5) is 5.69 Å². The summed E-state index contributed by atoms with van der Waals surface area (Å²) in [6, 6.07) is 14.6. The smallest absolute Gasteiger partial charge is 0.273 e. The topological polar surface area (TPSA) is 60.2 Å². The molecule has 0 aliphatic heterocycles. The van der Waals surface area contributed by atoms with Crippen molar-refractivity contribution in [3.05, 3.63) is 86.5 Å². The molecular weight excluding hydrogens is 302 g/mol. The Morgan fingerprint density at radius 3 is 2.54 bits per heavy atom. The average Bonchev–Trinajstić information content (AvgIpc) is 3.00. The summed E-state index contributed by atoms with van der Waals surface area (Å²) in [5.74, 6) is -0.172. The van der Waals surface area contributed by atoms with Crippen LogP contribution < -0.4 is 0 Å². The van der Waals surface area contributed by atoms with Crippen LogP contribution in [0.25, 0.3) is 10.8 Å². The fourth-order valence-corrected chi connectivity index (χ4v) is 3.55. The first-order chi connectivity index (χ1) is 11.6. The molecule has 0 radical (unpaired) electrons. The Morgan fingerprint density at radius 2 is 1.79 bits per heavy atom. The van der Waals surface area contributed by atoms with Crippen LogP contribution in [0.3, 0.4) is 0 Å². The summed E-state index contributed by atoms with van der Waals surface area (Å²) in [7, 11) is 0. The number of nitro benzene ring substituents is 1. The predicted octanol–water partition coefficient (Wildman–Crippen LogP) is 4.39. The van der Waals surface area contributed by atoms with E-state index in [4.69, 9.17) is 0 Å². The summed E-state index contributed by atoms with van der Waals surface area (Å²) in [6.45, 7) is 1.67. The molecule has 0 N–H and O–H groups in total. The van der Waals surface area contributed by atoms with Crippen LogP contribution in [0.15, 0.2) is 48.5 Å². The first kappa shape index (κ1) is 14.6. The maximum atomic E-state index is 13.0. The maximum Gasteiger partial charge on any atom is 0.273 e. The number of hydrogen-bond acceptors (Lipinski definition) is 3. The molecule has 1 aliphatic carbocycles. The molecule has 4 heteroatoms. The molecule has 0 saturated carbocycles. The van der Waals surface area contributed by atoms with Gasteiger partial charge in [0.25, 0.3) is 5.69 Å². The van der Waals surface area contributed by atoms with Crippen LogP contribution in [-0.2, 0) is 12.8 Å². The van der Waals surface area contributed by atoms with Gasteiger partial charge in [-0.1, -0.05) is 42.5 Å². The summed E-state index contributed by atoms with van der Waals surface area (Å²) >= 11 is 0. The normalized spacial score (nSPS) is 12.5. The number of hydrogen-bond donors (Lipinski definition) is 0. The Hall–Kier alpha value is -3.01. The zero-order valence-corrected chi connectivity index (χ0v) is 13.2. The molecular formula is C20H15NO3. The first-order valence-corrected chi connectivity index (χ1v) is 7.89. The van der Waals surface area contributed by atoms with Crippen LogP contribution in [0, 0.1) is 17.0 Å². The second-order valence-electron chi connectivity index (χ2n) is 6.20. The van der Waals surface area contributed by atoms with Crippen LogP contribution in [0.1, 0.15) is 32.6 Å². The van der Waals surface area contributed by atoms with Gasteiger partial charge in [-0.05, 0) is 41.7 Å². The summed E-state index contributed by atoms with van der Waals surface area (Å²) in [4.78, 5) is 23.7. The van der Waals surface area contributed by atoms with Gasteiger partial charge in [0.05, 0.1) is 4.92 Å². The van der Waals surface area contributed by atoms with E-state index in [1.54, 1.807) is 19.1 Å². The van der Waals surface area contributed by atoms with Gasteiger partial charge in [0.2, 0.25) is 0 Å². The first-order valence-electron chi connectivity index (χ1n) is 7.89. The Morgan fingerprint density at radius 1 is 1.04 bits per heavy atom. The summed E-state index contributed by atoms with van der Waals surface area (Å²) in [5.41, 5.74) is 4.03. The van der Waals surface area contributed by atoms with E-state index in [1.807, 2.05) is 24.3 Å². The standard InChI is InChI=1S/C20H15NO3/c1-12-5-6-15(11-18(12)21(23)24)20(22)17-10-9-14-8-7-13-3-2-4-16(17)19(13)14/h2-6,9-11H,7-8H2,1H3. The third kappa shape index (κ3) is 2.11. The van der Waals surface area contributed by atoms with Crippen molar-refractivity contribution in [1.82, 2.24) is 0 Å². The lowest BCUT2D eigenvalue weighted by molar-refractivity contribution is -0.385. The van der Waals surface area contributed by atoms with E-state index in [0.717, 1.165) is 18.2 Å². The highest BCUT2D eigenvalue weighted by molar-refractivity contribution is 6.17. The van der Waals surface area contributed by atoms with E-state index in [-0.39, 0.29) is 11.5 Å². The van der Waals surface area contributed by atoms with Gasteiger partial charge in [-0.3, -0.25) is 14.9 Å². The number of carbonyl (C=O) groups excluding carboxylic acids is 1. The molecule has 1 aliphatic rings. The second-order valence-corrected chi connectivity index (χ2v) is 6.20. The third-order valence-corrected chi connectivity index (χ3v) is 4.79. The fourth-order valence-electron chi connectivity index (χ4n) is 3.55. The SMILES string of the molecule is Cc1ccc(C(=O)c2ccc3c4c(cccc24)CC3)cc1[N+](=O)[O-]. The van der Waals surface area contributed by atoms with Crippen LogP contribution in [0.2, 0.25) is 0 Å². The second kappa shape index (κ2) is 5.27. The van der Waals surface area contributed by atoms with E-state index >= 15 is 0 Å². The molecule has 0 aromatic heterocycles. The Kier molecular flexibility index (Phi) is 3.20. The molecule has 24 heavy (non-hydrogen) atoms. The van der Waals surface area contributed by atoms with Crippen molar-refractivity contribution >= 4 is 22.2 Å². The van der Waals surface area contributed by atoms with Gasteiger partial charge in [0.1, 0.15) is 0 Å². The van der Waals surface area contributed by atoms with Crippen molar-refractivity contribution in [2.45, 2.75) is 19.8 Å². The summed E-state index contributed by atoms with van der Waals surface area (Å²) < 4.78 is 0. The number of benzene rings is 3. The van der Waals surface area contributed by atoms with Crippen LogP contribution in [-0.4, -0.2) is 10.7 Å². The quantitative estimate of drug-likeness (QED) is 0.409. The van der Waals surface area contributed by atoms with E-state index < -0.39 is 4.92 Å². The van der Waals surface area contributed by atoms with Crippen molar-refractivity contribution in [1.29, 1.82) is 0 Å². The van der Waals surface area contributed by atoms with E-state index in [0.29, 0.717) is 16.7 Å². The highest BCUT2D eigenvalue weighted by Crippen LogP contribution is 2.34. The molecule has 0 atom stereocenters. The molecule has 0 heterocycles. The molecule has 4 rings (SSSR count). The van der Waals surface area contributed by atoms with Crippen molar-refractivity contribution < 1.29 is 9.72 Å². The molecule has 118 valence electrons. The maximum absolute atomic E-state index is 13.0. The van der Waals surface area contributed by atoms with Crippen molar-refractivity contribution in [3.63, 3.8) is 0 Å². The largest absolute Gasteiger partial charge is 0.289 e. The van der Waals surface area contributed by atoms with Gasteiger partial charge in [-0.15, -0.1) is 0 Å².